The number of aliphatic hydroxyl groups excluding tert-OH is 1. The van der Waals surface area contributed by atoms with Crippen molar-refractivity contribution in [2.24, 2.45) is 0 Å². The van der Waals surface area contributed by atoms with Crippen molar-refractivity contribution in [2.75, 3.05) is 13.6 Å². The van der Waals surface area contributed by atoms with Crippen LogP contribution in [0.3, 0.4) is 0 Å². The Bertz CT molecular complexity index is 735. The third-order valence-corrected chi connectivity index (χ3v) is 3.30. The Labute approximate surface area is 137 Å². The van der Waals surface area contributed by atoms with Crippen molar-refractivity contribution in [3.63, 3.8) is 0 Å². The van der Waals surface area contributed by atoms with E-state index in [2.05, 4.69) is 0 Å². The number of hydrogen-bond donors (Lipinski definition) is 3. The lowest BCUT2D eigenvalue weighted by molar-refractivity contribution is -0.386. The molecule has 9 nitrogen and oxygen atoms in total. The van der Waals surface area contributed by atoms with Crippen LogP contribution in [0.4, 0.5) is 5.69 Å². The van der Waals surface area contributed by atoms with Crippen molar-refractivity contribution < 1.29 is 25.0 Å². The number of phenols is 2. The minimum atomic E-state index is -0.971. The molecule has 0 aromatic heterocycles. The van der Waals surface area contributed by atoms with E-state index in [0.717, 1.165) is 18.6 Å². The zero-order valence-electron chi connectivity index (χ0n) is 13.2. The number of hydrogen-bond acceptors (Lipinski definition) is 7. The largest absolute Gasteiger partial charge is 0.506 e. The van der Waals surface area contributed by atoms with Crippen molar-refractivity contribution in [3.05, 3.63) is 33.4 Å². The van der Waals surface area contributed by atoms with Crippen LogP contribution >= 0.6 is 0 Å². The van der Waals surface area contributed by atoms with Gasteiger partial charge in [-0.25, -0.2) is 0 Å². The van der Waals surface area contributed by atoms with Gasteiger partial charge < -0.3 is 20.2 Å². The van der Waals surface area contributed by atoms with Crippen molar-refractivity contribution in [1.82, 2.24) is 4.90 Å². The lowest BCUT2D eigenvalue weighted by Gasteiger charge is -2.16. The molecule has 0 bridgehead atoms. The van der Waals surface area contributed by atoms with Crippen LogP contribution in [0, 0.1) is 21.4 Å². The molecule has 0 saturated carbocycles. The van der Waals surface area contributed by atoms with Gasteiger partial charge >= 0.3 is 5.69 Å². The fourth-order valence-corrected chi connectivity index (χ4v) is 1.91. The van der Waals surface area contributed by atoms with Crippen LogP contribution in [0.5, 0.6) is 11.5 Å². The summed E-state index contributed by atoms with van der Waals surface area (Å²) in [6, 6.07) is 3.16. The number of nitriles is 1. The summed E-state index contributed by atoms with van der Waals surface area (Å²) in [5, 5.41) is 49.1. The number of likely N-dealkylation sites (N-methyl/N-ethyl adjacent to an activating group) is 1. The van der Waals surface area contributed by atoms with E-state index < -0.39 is 39.3 Å². The number of nitro groups is 1. The Balaban J connectivity index is 3.37. The van der Waals surface area contributed by atoms with Gasteiger partial charge in [0.2, 0.25) is 5.75 Å². The minimum Gasteiger partial charge on any atom is -0.506 e. The molecular weight excluding hydrogens is 318 g/mol. The van der Waals surface area contributed by atoms with Crippen molar-refractivity contribution >= 4 is 17.4 Å². The number of nitro benzene ring substituents is 1. The van der Waals surface area contributed by atoms with Crippen molar-refractivity contribution in [2.45, 2.75) is 19.8 Å². The summed E-state index contributed by atoms with van der Waals surface area (Å²) in [6.07, 6.45) is 1.53. The molecule has 0 fully saturated rings. The van der Waals surface area contributed by atoms with Gasteiger partial charge in [-0.1, -0.05) is 13.3 Å². The van der Waals surface area contributed by atoms with Crippen LogP contribution in [-0.4, -0.2) is 44.6 Å². The van der Waals surface area contributed by atoms with Crippen molar-refractivity contribution in [3.8, 4) is 17.6 Å². The molecule has 0 aliphatic carbocycles. The molecule has 1 amide bonds. The predicted octanol–water partition coefficient (Wildman–Crippen LogP) is 2.06. The SMILES string of the molecule is CCCCN(C)C(=O)/C(C#N)=C(\O)c1cc(O)c(O)c([N+](=O)[O-])c1. The minimum absolute atomic E-state index is 0.328. The second kappa shape index (κ2) is 7.82. The maximum Gasteiger partial charge on any atom is 0.315 e. The van der Waals surface area contributed by atoms with E-state index in [1.54, 1.807) is 6.07 Å². The molecule has 0 heterocycles. The molecule has 9 heteroatoms. The second-order valence-corrected chi connectivity index (χ2v) is 5.04. The molecule has 1 aromatic rings. The third kappa shape index (κ3) is 3.92. The average Bonchev–Trinajstić information content (AvgIpc) is 2.54. The fourth-order valence-electron chi connectivity index (χ4n) is 1.91. The van der Waals surface area contributed by atoms with E-state index in [1.807, 2.05) is 6.92 Å². The van der Waals surface area contributed by atoms with Crippen LogP contribution in [0.15, 0.2) is 17.7 Å². The van der Waals surface area contributed by atoms with E-state index in [9.17, 15) is 30.2 Å². The molecule has 1 rings (SSSR count). The normalized spacial score (nSPS) is 11.4. The molecule has 1 aromatic carbocycles. The van der Waals surface area contributed by atoms with Crippen LogP contribution in [0.1, 0.15) is 25.3 Å². The lowest BCUT2D eigenvalue weighted by Crippen LogP contribution is -2.29. The average molecular weight is 335 g/mol. The molecule has 24 heavy (non-hydrogen) atoms. The highest BCUT2D eigenvalue weighted by Gasteiger charge is 2.24. The molecule has 0 saturated heterocycles. The first-order chi connectivity index (χ1) is 11.2. The van der Waals surface area contributed by atoms with Crippen LogP contribution in [0.25, 0.3) is 5.76 Å². The molecule has 0 aliphatic rings. The molecule has 0 unspecified atom stereocenters. The number of unbranched alkanes of at least 4 members (excludes halogenated alkanes) is 1. The fraction of sp³-hybridized carbons (Fsp3) is 0.333. The van der Waals surface area contributed by atoms with Crippen LogP contribution in [-0.2, 0) is 4.79 Å². The number of nitrogens with zero attached hydrogens (tertiary/aromatic N) is 3. The number of carbonyl (C=O) groups is 1. The molecule has 128 valence electrons. The van der Waals surface area contributed by atoms with E-state index in [-0.39, 0.29) is 5.56 Å². The van der Waals surface area contributed by atoms with Gasteiger partial charge in [0, 0.05) is 25.2 Å². The van der Waals surface area contributed by atoms with Gasteiger partial charge in [-0.3, -0.25) is 14.9 Å². The Morgan fingerprint density at radius 3 is 2.54 bits per heavy atom. The standard InChI is InChI=1S/C15H17N3O6/c1-3-4-5-17(2)15(22)10(8-16)13(20)9-6-11(18(23)24)14(21)12(19)7-9/h6-7,19-21H,3-5H2,1-2H3/b13-10-. The lowest BCUT2D eigenvalue weighted by atomic mass is 10.1. The van der Waals surface area contributed by atoms with Crippen LogP contribution in [0.2, 0.25) is 0 Å². The molecule has 0 radical (unpaired) electrons. The smallest absolute Gasteiger partial charge is 0.315 e. The molecule has 0 spiro atoms. The molecule has 3 N–H and O–H groups in total. The first kappa shape index (κ1) is 18.8. The quantitative estimate of drug-likeness (QED) is 0.180. The Kier molecular flexibility index (Phi) is 6.12. The number of amides is 1. The highest BCUT2D eigenvalue weighted by molar-refractivity contribution is 6.03. The highest BCUT2D eigenvalue weighted by Crippen LogP contribution is 2.38. The summed E-state index contributed by atoms with van der Waals surface area (Å²) in [5.41, 5.74) is -1.81. The maximum atomic E-state index is 12.2. The summed E-state index contributed by atoms with van der Waals surface area (Å²) < 4.78 is 0. The first-order valence-corrected chi connectivity index (χ1v) is 7.04. The summed E-state index contributed by atoms with van der Waals surface area (Å²) >= 11 is 0. The van der Waals surface area contributed by atoms with Crippen molar-refractivity contribution in [1.29, 1.82) is 5.26 Å². The van der Waals surface area contributed by atoms with Gasteiger partial charge in [0.25, 0.3) is 5.91 Å². The van der Waals surface area contributed by atoms with E-state index in [4.69, 9.17) is 5.26 Å². The summed E-state index contributed by atoms with van der Waals surface area (Å²) in [6.45, 7) is 2.30. The zero-order chi connectivity index (χ0) is 18.4. The van der Waals surface area contributed by atoms with Gasteiger partial charge in [-0.05, 0) is 12.5 Å². The third-order valence-electron chi connectivity index (χ3n) is 3.30. The number of rotatable bonds is 6. The second-order valence-electron chi connectivity index (χ2n) is 5.04. The summed E-state index contributed by atoms with van der Waals surface area (Å²) in [7, 11) is 1.46. The number of phenolic OH excluding ortho intramolecular Hbond substituents is 2. The van der Waals surface area contributed by atoms with Gasteiger partial charge in [-0.15, -0.1) is 0 Å². The monoisotopic (exact) mass is 335 g/mol. The van der Waals surface area contributed by atoms with Crippen LogP contribution < -0.4 is 0 Å². The van der Waals surface area contributed by atoms with E-state index >= 15 is 0 Å². The Morgan fingerprint density at radius 2 is 2.04 bits per heavy atom. The van der Waals surface area contributed by atoms with Gasteiger partial charge in [-0.2, -0.15) is 5.26 Å². The van der Waals surface area contributed by atoms with Gasteiger partial charge in [0.1, 0.15) is 11.8 Å². The predicted molar refractivity (Wildman–Crippen MR) is 84.1 cm³/mol. The highest BCUT2D eigenvalue weighted by atomic mass is 16.6. The van der Waals surface area contributed by atoms with E-state index in [1.165, 1.54) is 11.9 Å². The number of aromatic hydroxyl groups is 2. The van der Waals surface area contributed by atoms with E-state index in [0.29, 0.717) is 13.0 Å². The zero-order valence-corrected chi connectivity index (χ0v) is 13.2. The molecule has 0 atom stereocenters. The topological polar surface area (TPSA) is 148 Å². The Hall–Kier alpha value is -3.28. The number of aliphatic hydroxyl groups is 1. The summed E-state index contributed by atoms with van der Waals surface area (Å²) in [4.78, 5) is 23.3. The first-order valence-electron chi connectivity index (χ1n) is 7.04. The van der Waals surface area contributed by atoms with Gasteiger partial charge in [0.05, 0.1) is 4.92 Å². The molecular formula is C15H17N3O6. The molecule has 0 aliphatic heterocycles. The number of benzene rings is 1. The number of carbonyl (C=O) groups excluding carboxylic acids is 1. The maximum absolute atomic E-state index is 12.2. The van der Waals surface area contributed by atoms with Gasteiger partial charge in [0.15, 0.2) is 11.3 Å². The summed E-state index contributed by atoms with van der Waals surface area (Å²) in [5.74, 6) is -3.39. The Morgan fingerprint density at radius 1 is 1.42 bits per heavy atom.